The summed E-state index contributed by atoms with van der Waals surface area (Å²) in [6.45, 7) is 3.78. The van der Waals surface area contributed by atoms with Gasteiger partial charge in [-0.1, -0.05) is 17.7 Å². The summed E-state index contributed by atoms with van der Waals surface area (Å²) in [5.41, 5.74) is 5.31. The molecule has 2 heterocycles. The van der Waals surface area contributed by atoms with Crippen LogP contribution >= 0.6 is 22.9 Å². The van der Waals surface area contributed by atoms with Gasteiger partial charge in [0.1, 0.15) is 0 Å². The first-order valence-electron chi connectivity index (χ1n) is 9.72. The number of hydrogen-bond donors (Lipinski definition) is 2. The zero-order valence-electron chi connectivity index (χ0n) is 17.1. The largest absolute Gasteiger partial charge is 0.380 e. The van der Waals surface area contributed by atoms with Gasteiger partial charge in [0.2, 0.25) is 0 Å². The molecule has 2 N–H and O–H groups in total. The third kappa shape index (κ3) is 4.95. The summed E-state index contributed by atoms with van der Waals surface area (Å²) >= 11 is 7.76. The molecule has 1 aliphatic rings. The van der Waals surface area contributed by atoms with Gasteiger partial charge in [0.15, 0.2) is 5.82 Å². The fourth-order valence-corrected chi connectivity index (χ4v) is 5.39. The molecule has 7 nitrogen and oxygen atoms in total. The van der Waals surface area contributed by atoms with Crippen LogP contribution in [0.25, 0.3) is 0 Å². The van der Waals surface area contributed by atoms with Crippen molar-refractivity contribution in [2.24, 2.45) is 0 Å². The second-order valence-corrected chi connectivity index (χ2v) is 10.2. The molecule has 3 aromatic rings. The van der Waals surface area contributed by atoms with Crippen molar-refractivity contribution in [1.82, 2.24) is 4.98 Å². The molecule has 0 radical (unpaired) electrons. The summed E-state index contributed by atoms with van der Waals surface area (Å²) in [7, 11) is -2.03. The second-order valence-electron chi connectivity index (χ2n) is 7.36. The number of rotatable bonds is 7. The van der Waals surface area contributed by atoms with Crippen molar-refractivity contribution in [1.29, 1.82) is 0 Å². The molecule has 1 aromatic heterocycles. The van der Waals surface area contributed by atoms with E-state index in [2.05, 4.69) is 32.9 Å². The van der Waals surface area contributed by atoms with Gasteiger partial charge in [-0.3, -0.25) is 4.72 Å². The van der Waals surface area contributed by atoms with Crippen LogP contribution in [0.3, 0.4) is 0 Å². The first kappa shape index (κ1) is 21.9. The van der Waals surface area contributed by atoms with E-state index in [4.69, 9.17) is 16.3 Å². The van der Waals surface area contributed by atoms with Crippen LogP contribution < -0.4 is 14.9 Å². The third-order valence-electron chi connectivity index (χ3n) is 5.16. The predicted octanol–water partition coefficient (Wildman–Crippen LogP) is 4.87. The first-order valence-corrected chi connectivity index (χ1v) is 12.5. The van der Waals surface area contributed by atoms with E-state index in [0.29, 0.717) is 10.7 Å². The standard InChI is InChI=1S/C21H23ClN4O3S2/c1-14-3-5-19(20(9-14)26-8-7-15(11-26)29-2)24-18-6-4-16(10-17(18)22)31(27,28)25-21-12-30-13-23-21/h3-6,9-10,12-13,15,24-25H,7-8,11H2,1-2H3. The molecule has 10 heteroatoms. The molecule has 0 saturated carbocycles. The van der Waals surface area contributed by atoms with Crippen LogP contribution in [0.15, 0.2) is 52.2 Å². The van der Waals surface area contributed by atoms with E-state index in [1.54, 1.807) is 24.1 Å². The highest BCUT2D eigenvalue weighted by Crippen LogP contribution is 2.35. The number of ether oxygens (including phenoxy) is 1. The Hall–Kier alpha value is -2.33. The molecule has 2 aromatic carbocycles. The molecule has 1 atom stereocenters. The summed E-state index contributed by atoms with van der Waals surface area (Å²) in [4.78, 5) is 6.32. The molecule has 31 heavy (non-hydrogen) atoms. The van der Waals surface area contributed by atoms with Crippen LogP contribution in [-0.4, -0.2) is 39.7 Å². The highest BCUT2D eigenvalue weighted by atomic mass is 35.5. The highest BCUT2D eigenvalue weighted by molar-refractivity contribution is 7.92. The Morgan fingerprint density at radius 1 is 1.23 bits per heavy atom. The van der Waals surface area contributed by atoms with Crippen molar-refractivity contribution in [3.63, 3.8) is 0 Å². The number of thiazole rings is 1. The van der Waals surface area contributed by atoms with Gasteiger partial charge in [0.05, 0.1) is 38.6 Å². The molecule has 1 aliphatic heterocycles. The van der Waals surface area contributed by atoms with Gasteiger partial charge in [-0.2, -0.15) is 0 Å². The Morgan fingerprint density at radius 2 is 2.03 bits per heavy atom. The molecule has 1 fully saturated rings. The quantitative estimate of drug-likeness (QED) is 0.503. The maximum absolute atomic E-state index is 12.6. The van der Waals surface area contributed by atoms with E-state index in [1.165, 1.54) is 23.5 Å². The number of aromatic nitrogens is 1. The number of aryl methyl sites for hydroxylation is 1. The number of methoxy groups -OCH3 is 1. The Bertz CT molecular complexity index is 1170. The second kappa shape index (κ2) is 9.04. The molecule has 0 amide bonds. The van der Waals surface area contributed by atoms with E-state index in [0.717, 1.165) is 36.4 Å². The first-order chi connectivity index (χ1) is 14.9. The van der Waals surface area contributed by atoms with Crippen LogP contribution in [0.5, 0.6) is 0 Å². The number of hydrogen-bond acceptors (Lipinski definition) is 7. The average molecular weight is 479 g/mol. The van der Waals surface area contributed by atoms with E-state index < -0.39 is 10.0 Å². The van der Waals surface area contributed by atoms with E-state index in [1.807, 2.05) is 12.1 Å². The van der Waals surface area contributed by atoms with Gasteiger partial charge in [-0.25, -0.2) is 13.4 Å². The number of benzene rings is 2. The molecular weight excluding hydrogens is 456 g/mol. The van der Waals surface area contributed by atoms with Gasteiger partial charge >= 0.3 is 0 Å². The number of anilines is 4. The van der Waals surface area contributed by atoms with Crippen molar-refractivity contribution in [2.45, 2.75) is 24.3 Å². The van der Waals surface area contributed by atoms with E-state index in [9.17, 15) is 8.42 Å². The zero-order valence-corrected chi connectivity index (χ0v) is 19.5. The smallest absolute Gasteiger partial charge is 0.263 e. The Labute approximate surface area is 191 Å². The van der Waals surface area contributed by atoms with Gasteiger partial charge in [-0.05, 0) is 49.2 Å². The van der Waals surface area contributed by atoms with Gasteiger partial charge in [0, 0.05) is 25.6 Å². The summed E-state index contributed by atoms with van der Waals surface area (Å²) in [5.74, 6) is 0.285. The predicted molar refractivity (Wildman–Crippen MR) is 126 cm³/mol. The van der Waals surface area contributed by atoms with Gasteiger partial charge in [-0.15, -0.1) is 11.3 Å². The van der Waals surface area contributed by atoms with Crippen molar-refractivity contribution >= 4 is 55.8 Å². The summed E-state index contributed by atoms with van der Waals surface area (Å²) in [6, 6.07) is 10.8. The molecule has 4 rings (SSSR count). The zero-order chi connectivity index (χ0) is 22.0. The maximum Gasteiger partial charge on any atom is 0.263 e. The number of nitrogens with one attached hydrogen (secondary N) is 2. The number of nitrogens with zero attached hydrogens (tertiary/aromatic N) is 2. The SMILES string of the molecule is COC1CCN(c2cc(C)ccc2Nc2ccc(S(=O)(=O)Nc3cscn3)cc2Cl)C1. The van der Waals surface area contributed by atoms with Crippen molar-refractivity contribution in [3.05, 3.63) is 57.9 Å². The molecule has 164 valence electrons. The lowest BCUT2D eigenvalue weighted by molar-refractivity contribution is 0.121. The van der Waals surface area contributed by atoms with Crippen LogP contribution in [0.4, 0.5) is 22.9 Å². The monoisotopic (exact) mass is 478 g/mol. The van der Waals surface area contributed by atoms with Crippen LogP contribution in [-0.2, 0) is 14.8 Å². The molecule has 0 bridgehead atoms. The molecule has 0 aliphatic carbocycles. The Balaban J connectivity index is 1.58. The fourth-order valence-electron chi connectivity index (χ4n) is 3.52. The van der Waals surface area contributed by atoms with Crippen molar-refractivity contribution in [2.75, 3.05) is 35.1 Å². The molecule has 0 spiro atoms. The Morgan fingerprint density at radius 3 is 2.71 bits per heavy atom. The fraction of sp³-hybridized carbons (Fsp3) is 0.286. The number of sulfonamides is 1. The van der Waals surface area contributed by atoms with E-state index in [-0.39, 0.29) is 16.8 Å². The number of halogens is 1. The minimum atomic E-state index is -3.77. The highest BCUT2D eigenvalue weighted by Gasteiger charge is 2.24. The van der Waals surface area contributed by atoms with Gasteiger partial charge in [0.25, 0.3) is 10.0 Å². The Kier molecular flexibility index (Phi) is 6.38. The summed E-state index contributed by atoms with van der Waals surface area (Å²) < 4.78 is 33.2. The van der Waals surface area contributed by atoms with Crippen LogP contribution in [0.1, 0.15) is 12.0 Å². The lowest BCUT2D eigenvalue weighted by Crippen LogP contribution is -2.23. The van der Waals surface area contributed by atoms with Crippen LogP contribution in [0, 0.1) is 6.92 Å². The topological polar surface area (TPSA) is 83.6 Å². The third-order valence-corrected chi connectivity index (χ3v) is 7.42. The van der Waals surface area contributed by atoms with E-state index >= 15 is 0 Å². The minimum absolute atomic E-state index is 0.0719. The molecular formula is C21H23ClN4O3S2. The summed E-state index contributed by atoms with van der Waals surface area (Å²) in [6.07, 6.45) is 1.19. The average Bonchev–Trinajstić information content (AvgIpc) is 3.42. The normalized spacial score (nSPS) is 16.5. The molecule has 1 unspecified atom stereocenters. The lowest BCUT2D eigenvalue weighted by atomic mass is 10.1. The van der Waals surface area contributed by atoms with Crippen molar-refractivity contribution in [3.8, 4) is 0 Å². The van der Waals surface area contributed by atoms with Gasteiger partial charge < -0.3 is 15.0 Å². The van der Waals surface area contributed by atoms with Crippen molar-refractivity contribution < 1.29 is 13.2 Å². The lowest BCUT2D eigenvalue weighted by Gasteiger charge is -2.23. The van der Waals surface area contributed by atoms with Crippen LogP contribution in [0.2, 0.25) is 5.02 Å². The molecule has 1 saturated heterocycles. The summed E-state index contributed by atoms with van der Waals surface area (Å²) in [5, 5.41) is 5.30. The minimum Gasteiger partial charge on any atom is -0.380 e. The maximum atomic E-state index is 12.6.